The van der Waals surface area contributed by atoms with Gasteiger partial charge in [-0.1, -0.05) is 13.8 Å². The van der Waals surface area contributed by atoms with Gasteiger partial charge in [0.05, 0.1) is 0 Å². The zero-order valence-electron chi connectivity index (χ0n) is 7.71. The molecular formula is C10H19N. The Morgan fingerprint density at radius 3 is 3.00 bits per heavy atom. The van der Waals surface area contributed by atoms with Gasteiger partial charge in [-0.2, -0.15) is 0 Å². The second-order valence-electron chi connectivity index (χ2n) is 4.59. The first-order chi connectivity index (χ1) is 5.27. The van der Waals surface area contributed by atoms with E-state index in [1.165, 1.54) is 32.4 Å². The Labute approximate surface area is 69.8 Å². The number of hydrogen-bond donors (Lipinski definition) is 0. The zero-order valence-corrected chi connectivity index (χ0v) is 7.71. The lowest BCUT2D eigenvalue weighted by Gasteiger charge is -2.27. The topological polar surface area (TPSA) is 3.24 Å². The van der Waals surface area contributed by atoms with Gasteiger partial charge in [-0.05, 0) is 37.6 Å². The summed E-state index contributed by atoms with van der Waals surface area (Å²) < 4.78 is 0. The van der Waals surface area contributed by atoms with E-state index in [1.54, 1.807) is 0 Å². The molecule has 11 heavy (non-hydrogen) atoms. The van der Waals surface area contributed by atoms with Crippen molar-refractivity contribution in [2.24, 2.45) is 11.8 Å². The van der Waals surface area contributed by atoms with Crippen LogP contribution in [0.25, 0.3) is 0 Å². The SMILES string of the molecule is CC(C)CN1CCCC2CC21. The third-order valence-corrected chi connectivity index (χ3v) is 2.97. The van der Waals surface area contributed by atoms with E-state index in [0.29, 0.717) is 0 Å². The summed E-state index contributed by atoms with van der Waals surface area (Å²) in [6.45, 7) is 7.36. The quantitative estimate of drug-likeness (QED) is 0.587. The Morgan fingerprint density at radius 1 is 1.45 bits per heavy atom. The predicted octanol–water partition coefficient (Wildman–Crippen LogP) is 2.13. The largest absolute Gasteiger partial charge is 0.300 e. The molecule has 0 spiro atoms. The molecule has 1 heterocycles. The minimum Gasteiger partial charge on any atom is -0.300 e. The Balaban J connectivity index is 1.83. The smallest absolute Gasteiger partial charge is 0.0127 e. The molecule has 64 valence electrons. The minimum atomic E-state index is 0.856. The van der Waals surface area contributed by atoms with E-state index in [9.17, 15) is 0 Å². The molecule has 1 aliphatic carbocycles. The van der Waals surface area contributed by atoms with Crippen LogP contribution < -0.4 is 0 Å². The molecule has 0 amide bonds. The summed E-state index contributed by atoms with van der Waals surface area (Å²) in [4.78, 5) is 2.71. The van der Waals surface area contributed by atoms with Crippen molar-refractivity contribution in [2.75, 3.05) is 13.1 Å². The summed E-state index contributed by atoms with van der Waals surface area (Å²) in [5.74, 6) is 1.96. The van der Waals surface area contributed by atoms with E-state index < -0.39 is 0 Å². The summed E-state index contributed by atoms with van der Waals surface area (Å²) >= 11 is 0. The summed E-state index contributed by atoms with van der Waals surface area (Å²) in [7, 11) is 0. The van der Waals surface area contributed by atoms with Gasteiger partial charge in [-0.15, -0.1) is 0 Å². The van der Waals surface area contributed by atoms with Crippen molar-refractivity contribution in [3.63, 3.8) is 0 Å². The van der Waals surface area contributed by atoms with E-state index in [1.807, 2.05) is 0 Å². The van der Waals surface area contributed by atoms with Crippen LogP contribution in [-0.2, 0) is 0 Å². The predicted molar refractivity (Wildman–Crippen MR) is 47.5 cm³/mol. The molecule has 0 radical (unpaired) electrons. The van der Waals surface area contributed by atoms with Crippen LogP contribution in [0.2, 0.25) is 0 Å². The number of hydrogen-bond acceptors (Lipinski definition) is 1. The number of fused-ring (bicyclic) bond motifs is 1. The highest BCUT2D eigenvalue weighted by Gasteiger charge is 2.43. The van der Waals surface area contributed by atoms with Crippen molar-refractivity contribution >= 4 is 0 Å². The van der Waals surface area contributed by atoms with Gasteiger partial charge in [0.1, 0.15) is 0 Å². The third kappa shape index (κ3) is 1.58. The van der Waals surface area contributed by atoms with Crippen LogP contribution in [0, 0.1) is 11.8 Å². The summed E-state index contributed by atoms with van der Waals surface area (Å²) in [6, 6.07) is 1.01. The highest BCUT2D eigenvalue weighted by molar-refractivity contribution is 4.98. The molecule has 2 atom stereocenters. The molecule has 0 aromatic carbocycles. The Kier molecular flexibility index (Phi) is 1.92. The van der Waals surface area contributed by atoms with Gasteiger partial charge in [0, 0.05) is 12.6 Å². The van der Waals surface area contributed by atoms with Crippen LogP contribution in [0.4, 0.5) is 0 Å². The number of piperidine rings is 1. The van der Waals surface area contributed by atoms with Crippen LogP contribution in [0.1, 0.15) is 33.1 Å². The molecule has 0 aromatic rings. The molecule has 1 aliphatic heterocycles. The van der Waals surface area contributed by atoms with Crippen molar-refractivity contribution < 1.29 is 0 Å². The second kappa shape index (κ2) is 2.78. The molecule has 0 N–H and O–H groups in total. The fraction of sp³-hybridized carbons (Fsp3) is 1.00. The molecule has 0 aromatic heterocycles. The number of rotatable bonds is 2. The number of nitrogens with zero attached hydrogens (tertiary/aromatic N) is 1. The normalized spacial score (nSPS) is 37.4. The standard InChI is InChI=1S/C10H19N/c1-8(2)7-11-5-3-4-9-6-10(9)11/h8-10H,3-7H2,1-2H3. The average Bonchev–Trinajstić information content (AvgIpc) is 2.65. The van der Waals surface area contributed by atoms with Crippen molar-refractivity contribution in [1.82, 2.24) is 4.90 Å². The van der Waals surface area contributed by atoms with E-state index in [-0.39, 0.29) is 0 Å². The first-order valence-corrected chi connectivity index (χ1v) is 5.01. The van der Waals surface area contributed by atoms with Gasteiger partial charge in [0.15, 0.2) is 0 Å². The molecule has 0 bridgehead atoms. The van der Waals surface area contributed by atoms with E-state index in [2.05, 4.69) is 18.7 Å². The summed E-state index contributed by atoms with van der Waals surface area (Å²) in [5, 5.41) is 0. The van der Waals surface area contributed by atoms with E-state index >= 15 is 0 Å². The fourth-order valence-electron chi connectivity index (χ4n) is 2.41. The van der Waals surface area contributed by atoms with E-state index in [0.717, 1.165) is 17.9 Å². The van der Waals surface area contributed by atoms with Crippen LogP contribution in [0.15, 0.2) is 0 Å². The highest BCUT2D eigenvalue weighted by Crippen LogP contribution is 2.43. The lowest BCUT2D eigenvalue weighted by Crippen LogP contribution is -2.34. The summed E-state index contributed by atoms with van der Waals surface area (Å²) in [6.07, 6.45) is 4.47. The molecule has 2 rings (SSSR count). The van der Waals surface area contributed by atoms with Crippen molar-refractivity contribution in [2.45, 2.75) is 39.2 Å². The van der Waals surface area contributed by atoms with Gasteiger partial charge in [-0.3, -0.25) is 4.90 Å². The third-order valence-electron chi connectivity index (χ3n) is 2.97. The average molecular weight is 153 g/mol. The summed E-state index contributed by atoms with van der Waals surface area (Å²) in [5.41, 5.74) is 0. The molecule has 2 unspecified atom stereocenters. The Hall–Kier alpha value is -0.0400. The minimum absolute atomic E-state index is 0.856. The lowest BCUT2D eigenvalue weighted by molar-refractivity contribution is 0.193. The molecular weight excluding hydrogens is 134 g/mol. The maximum atomic E-state index is 2.71. The molecule has 1 heteroatoms. The van der Waals surface area contributed by atoms with Crippen molar-refractivity contribution in [3.8, 4) is 0 Å². The van der Waals surface area contributed by atoms with Crippen LogP contribution in [0.5, 0.6) is 0 Å². The van der Waals surface area contributed by atoms with Gasteiger partial charge >= 0.3 is 0 Å². The van der Waals surface area contributed by atoms with Gasteiger partial charge in [-0.25, -0.2) is 0 Å². The van der Waals surface area contributed by atoms with Gasteiger partial charge in [0.25, 0.3) is 0 Å². The molecule has 1 saturated carbocycles. The lowest BCUT2D eigenvalue weighted by atomic mass is 10.1. The van der Waals surface area contributed by atoms with Crippen LogP contribution >= 0.6 is 0 Å². The Morgan fingerprint density at radius 2 is 2.27 bits per heavy atom. The molecule has 2 aliphatic rings. The van der Waals surface area contributed by atoms with E-state index in [4.69, 9.17) is 0 Å². The van der Waals surface area contributed by atoms with Crippen molar-refractivity contribution in [1.29, 1.82) is 0 Å². The molecule has 1 nitrogen and oxygen atoms in total. The monoisotopic (exact) mass is 153 g/mol. The number of likely N-dealkylation sites (tertiary alicyclic amines) is 1. The first-order valence-electron chi connectivity index (χ1n) is 5.01. The van der Waals surface area contributed by atoms with Crippen LogP contribution in [0.3, 0.4) is 0 Å². The fourth-order valence-corrected chi connectivity index (χ4v) is 2.41. The molecule has 2 fully saturated rings. The van der Waals surface area contributed by atoms with Crippen LogP contribution in [-0.4, -0.2) is 24.0 Å². The first kappa shape index (κ1) is 7.60. The van der Waals surface area contributed by atoms with Gasteiger partial charge in [0.2, 0.25) is 0 Å². The zero-order chi connectivity index (χ0) is 7.84. The maximum absolute atomic E-state index is 2.71. The Bertz CT molecular complexity index is 142. The maximum Gasteiger partial charge on any atom is 0.0127 e. The molecule has 1 saturated heterocycles. The van der Waals surface area contributed by atoms with Gasteiger partial charge < -0.3 is 0 Å². The van der Waals surface area contributed by atoms with Crippen molar-refractivity contribution in [3.05, 3.63) is 0 Å². The second-order valence-corrected chi connectivity index (χ2v) is 4.59. The highest BCUT2D eigenvalue weighted by atomic mass is 15.2.